The van der Waals surface area contributed by atoms with E-state index in [-0.39, 0.29) is 0 Å². The fourth-order valence-electron chi connectivity index (χ4n) is 1.97. The Hall–Kier alpha value is -0.0800. The van der Waals surface area contributed by atoms with E-state index < -0.39 is 0 Å². The topological polar surface area (TPSA) is 29.3 Å². The van der Waals surface area contributed by atoms with Crippen molar-refractivity contribution in [3.63, 3.8) is 0 Å². The van der Waals surface area contributed by atoms with Gasteiger partial charge in [-0.25, -0.2) is 0 Å². The number of rotatable bonds is 6. The first kappa shape index (κ1) is 9.47. The van der Waals surface area contributed by atoms with Gasteiger partial charge in [-0.2, -0.15) is 0 Å². The second-order valence-electron chi connectivity index (χ2n) is 4.80. The first-order chi connectivity index (χ1) is 6.29. The fourth-order valence-corrected chi connectivity index (χ4v) is 1.97. The summed E-state index contributed by atoms with van der Waals surface area (Å²) < 4.78 is 0. The number of hydrogen-bond donors (Lipinski definition) is 1. The Morgan fingerprint density at radius 2 is 2.00 bits per heavy atom. The molecule has 2 aliphatic carbocycles. The Morgan fingerprint density at radius 1 is 1.31 bits per heavy atom. The van der Waals surface area contributed by atoms with E-state index in [9.17, 15) is 0 Å². The van der Waals surface area contributed by atoms with Crippen molar-refractivity contribution in [2.24, 2.45) is 17.6 Å². The Morgan fingerprint density at radius 3 is 2.46 bits per heavy atom. The van der Waals surface area contributed by atoms with Crippen molar-refractivity contribution < 1.29 is 0 Å². The smallest absolute Gasteiger partial charge is 0.0196 e. The highest BCUT2D eigenvalue weighted by Crippen LogP contribution is 2.33. The molecular formula is C11H22N2. The van der Waals surface area contributed by atoms with E-state index in [1.165, 1.54) is 38.8 Å². The summed E-state index contributed by atoms with van der Waals surface area (Å²) >= 11 is 0. The lowest BCUT2D eigenvalue weighted by Crippen LogP contribution is -2.39. The summed E-state index contributed by atoms with van der Waals surface area (Å²) in [5, 5.41) is 0. The molecule has 2 fully saturated rings. The first-order valence-electron chi connectivity index (χ1n) is 5.77. The molecule has 0 aliphatic heterocycles. The van der Waals surface area contributed by atoms with Crippen molar-refractivity contribution in [1.82, 2.24) is 4.90 Å². The molecule has 0 radical (unpaired) electrons. The van der Waals surface area contributed by atoms with Crippen molar-refractivity contribution in [2.45, 2.75) is 38.6 Å². The van der Waals surface area contributed by atoms with Crippen molar-refractivity contribution >= 4 is 0 Å². The van der Waals surface area contributed by atoms with Gasteiger partial charge in [-0.1, -0.05) is 6.92 Å². The van der Waals surface area contributed by atoms with Crippen LogP contribution in [-0.2, 0) is 0 Å². The molecule has 2 aliphatic rings. The molecule has 2 heteroatoms. The van der Waals surface area contributed by atoms with E-state index in [2.05, 4.69) is 11.8 Å². The zero-order valence-corrected chi connectivity index (χ0v) is 8.71. The van der Waals surface area contributed by atoms with Gasteiger partial charge in [0.2, 0.25) is 0 Å². The van der Waals surface area contributed by atoms with Crippen molar-refractivity contribution in [1.29, 1.82) is 0 Å². The average molecular weight is 182 g/mol. The standard InChI is InChI=1S/C11H22N2/c1-2-13(7-9-3-4-9)8-11(12)10-5-6-10/h9-11H,2-8,12H2,1H3. The summed E-state index contributed by atoms with van der Waals surface area (Å²) in [7, 11) is 0. The molecule has 0 bridgehead atoms. The number of nitrogens with zero attached hydrogens (tertiary/aromatic N) is 1. The highest BCUT2D eigenvalue weighted by Gasteiger charge is 2.31. The molecule has 0 amide bonds. The van der Waals surface area contributed by atoms with Gasteiger partial charge in [0.25, 0.3) is 0 Å². The van der Waals surface area contributed by atoms with Gasteiger partial charge < -0.3 is 10.6 Å². The maximum absolute atomic E-state index is 6.11. The summed E-state index contributed by atoms with van der Waals surface area (Å²) in [5.74, 6) is 1.86. The predicted octanol–water partition coefficient (Wildman–Crippen LogP) is 1.46. The van der Waals surface area contributed by atoms with Crippen LogP contribution in [0.5, 0.6) is 0 Å². The quantitative estimate of drug-likeness (QED) is 0.674. The van der Waals surface area contributed by atoms with E-state index in [0.717, 1.165) is 18.4 Å². The molecule has 2 rings (SSSR count). The maximum atomic E-state index is 6.11. The van der Waals surface area contributed by atoms with Crippen LogP contribution >= 0.6 is 0 Å². The van der Waals surface area contributed by atoms with Crippen molar-refractivity contribution in [3.8, 4) is 0 Å². The molecule has 0 spiro atoms. The van der Waals surface area contributed by atoms with Gasteiger partial charge in [0.1, 0.15) is 0 Å². The summed E-state index contributed by atoms with van der Waals surface area (Å²) in [5.41, 5.74) is 6.11. The van der Waals surface area contributed by atoms with Crippen LogP contribution in [0.25, 0.3) is 0 Å². The summed E-state index contributed by atoms with van der Waals surface area (Å²) in [6.07, 6.45) is 5.66. The Bertz CT molecular complexity index is 161. The number of hydrogen-bond acceptors (Lipinski definition) is 2. The van der Waals surface area contributed by atoms with Crippen molar-refractivity contribution in [3.05, 3.63) is 0 Å². The van der Waals surface area contributed by atoms with E-state index in [4.69, 9.17) is 5.73 Å². The SMILES string of the molecule is CCN(CC1CC1)CC(N)C1CC1. The minimum absolute atomic E-state index is 0.457. The molecule has 13 heavy (non-hydrogen) atoms. The van der Waals surface area contributed by atoms with Crippen molar-refractivity contribution in [2.75, 3.05) is 19.6 Å². The monoisotopic (exact) mass is 182 g/mol. The second-order valence-corrected chi connectivity index (χ2v) is 4.80. The molecule has 0 aromatic heterocycles. The van der Waals surface area contributed by atoms with Gasteiger partial charge in [-0.05, 0) is 44.1 Å². The van der Waals surface area contributed by atoms with Crippen LogP contribution in [0.3, 0.4) is 0 Å². The Kier molecular flexibility index (Phi) is 2.89. The predicted molar refractivity (Wildman–Crippen MR) is 55.5 cm³/mol. The number of nitrogens with two attached hydrogens (primary N) is 1. The van der Waals surface area contributed by atoms with Crippen LogP contribution in [0, 0.1) is 11.8 Å². The van der Waals surface area contributed by atoms with E-state index in [0.29, 0.717) is 6.04 Å². The molecule has 1 unspecified atom stereocenters. The van der Waals surface area contributed by atoms with Crippen LogP contribution in [0.15, 0.2) is 0 Å². The minimum atomic E-state index is 0.457. The van der Waals surface area contributed by atoms with Crippen LogP contribution < -0.4 is 5.73 Å². The lowest BCUT2D eigenvalue weighted by molar-refractivity contribution is 0.251. The molecule has 2 N–H and O–H groups in total. The van der Waals surface area contributed by atoms with Gasteiger partial charge in [0.05, 0.1) is 0 Å². The Labute approximate surface area is 81.5 Å². The third kappa shape index (κ3) is 2.96. The third-order valence-electron chi connectivity index (χ3n) is 3.36. The van der Waals surface area contributed by atoms with Gasteiger partial charge in [0, 0.05) is 19.1 Å². The highest BCUT2D eigenvalue weighted by molar-refractivity contribution is 4.87. The first-order valence-corrected chi connectivity index (χ1v) is 5.77. The van der Waals surface area contributed by atoms with Crippen LogP contribution in [0.1, 0.15) is 32.6 Å². The average Bonchev–Trinajstić information content (AvgIpc) is 2.96. The van der Waals surface area contributed by atoms with E-state index in [1.54, 1.807) is 0 Å². The lowest BCUT2D eigenvalue weighted by atomic mass is 10.2. The largest absolute Gasteiger partial charge is 0.326 e. The van der Waals surface area contributed by atoms with Crippen LogP contribution in [0.2, 0.25) is 0 Å². The second kappa shape index (κ2) is 3.97. The lowest BCUT2D eigenvalue weighted by Gasteiger charge is -2.23. The van der Waals surface area contributed by atoms with Gasteiger partial charge >= 0.3 is 0 Å². The van der Waals surface area contributed by atoms with Gasteiger partial charge in [-0.15, -0.1) is 0 Å². The molecular weight excluding hydrogens is 160 g/mol. The summed E-state index contributed by atoms with van der Waals surface area (Å²) in [6.45, 7) is 5.87. The van der Waals surface area contributed by atoms with Gasteiger partial charge in [-0.3, -0.25) is 0 Å². The summed E-state index contributed by atoms with van der Waals surface area (Å²) in [6, 6.07) is 0.457. The zero-order chi connectivity index (χ0) is 9.26. The van der Waals surface area contributed by atoms with E-state index in [1.807, 2.05) is 0 Å². The third-order valence-corrected chi connectivity index (χ3v) is 3.36. The molecule has 2 saturated carbocycles. The van der Waals surface area contributed by atoms with Crippen LogP contribution in [0.4, 0.5) is 0 Å². The highest BCUT2D eigenvalue weighted by atomic mass is 15.1. The van der Waals surface area contributed by atoms with E-state index >= 15 is 0 Å². The molecule has 1 atom stereocenters. The van der Waals surface area contributed by atoms with Crippen LogP contribution in [-0.4, -0.2) is 30.6 Å². The molecule has 0 aromatic rings. The minimum Gasteiger partial charge on any atom is -0.326 e. The fraction of sp³-hybridized carbons (Fsp3) is 1.00. The van der Waals surface area contributed by atoms with Gasteiger partial charge in [0.15, 0.2) is 0 Å². The normalized spacial score (nSPS) is 25.2. The molecule has 2 nitrogen and oxygen atoms in total. The summed E-state index contributed by atoms with van der Waals surface area (Å²) in [4.78, 5) is 2.54. The maximum Gasteiger partial charge on any atom is 0.0196 e. The molecule has 0 saturated heterocycles. The molecule has 76 valence electrons. The molecule has 0 aromatic carbocycles. The number of likely N-dealkylation sites (N-methyl/N-ethyl adjacent to an activating group) is 1. The molecule has 0 heterocycles. The zero-order valence-electron chi connectivity index (χ0n) is 8.71. The Balaban J connectivity index is 1.68.